The number of nitrogens with one attached hydrogen (secondary N) is 1. The van der Waals surface area contributed by atoms with Crippen LogP contribution in [0.1, 0.15) is 53.0 Å². The summed E-state index contributed by atoms with van der Waals surface area (Å²) in [7, 11) is 0. The van der Waals surface area contributed by atoms with E-state index in [4.69, 9.17) is 14.2 Å². The molecule has 27 heavy (non-hydrogen) atoms. The van der Waals surface area contributed by atoms with Crippen LogP contribution in [0.4, 0.5) is 0 Å². The number of morpholine rings is 1. The molecule has 0 bridgehead atoms. The van der Waals surface area contributed by atoms with Crippen molar-refractivity contribution < 1.29 is 14.2 Å². The van der Waals surface area contributed by atoms with Crippen LogP contribution in [0.15, 0.2) is 24.3 Å². The molecule has 1 aliphatic rings. The molecule has 4 nitrogen and oxygen atoms in total. The zero-order valence-corrected chi connectivity index (χ0v) is 18.5. The van der Waals surface area contributed by atoms with Crippen molar-refractivity contribution in [1.82, 2.24) is 5.32 Å². The molecule has 1 aliphatic heterocycles. The minimum absolute atomic E-state index is 0. The van der Waals surface area contributed by atoms with Gasteiger partial charge in [0.2, 0.25) is 0 Å². The molecule has 1 N–H and O–H groups in total. The summed E-state index contributed by atoms with van der Waals surface area (Å²) in [6.07, 6.45) is 2.37. The number of benzene rings is 1. The second-order valence-electron chi connectivity index (χ2n) is 9.09. The van der Waals surface area contributed by atoms with Gasteiger partial charge in [-0.2, -0.15) is 0 Å². The van der Waals surface area contributed by atoms with Gasteiger partial charge in [0.25, 0.3) is 0 Å². The molecular formula is C22H38ClNO3. The van der Waals surface area contributed by atoms with Gasteiger partial charge in [0, 0.05) is 19.7 Å². The Labute approximate surface area is 171 Å². The number of hydrogen-bond acceptors (Lipinski definition) is 4. The normalized spacial score (nSPS) is 18.0. The summed E-state index contributed by atoms with van der Waals surface area (Å²) in [6.45, 7) is 16.1. The van der Waals surface area contributed by atoms with Gasteiger partial charge in [-0.1, -0.05) is 46.8 Å². The van der Waals surface area contributed by atoms with Crippen LogP contribution in [0.25, 0.3) is 0 Å². The van der Waals surface area contributed by atoms with Gasteiger partial charge >= 0.3 is 0 Å². The summed E-state index contributed by atoms with van der Waals surface area (Å²) in [5, 5.41) is 3.33. The highest BCUT2D eigenvalue weighted by atomic mass is 35.5. The zero-order valence-electron chi connectivity index (χ0n) is 17.7. The van der Waals surface area contributed by atoms with Crippen molar-refractivity contribution in [1.29, 1.82) is 0 Å². The molecule has 0 saturated carbocycles. The summed E-state index contributed by atoms with van der Waals surface area (Å²) in [4.78, 5) is 0. The van der Waals surface area contributed by atoms with E-state index < -0.39 is 0 Å². The summed E-state index contributed by atoms with van der Waals surface area (Å²) >= 11 is 0. The summed E-state index contributed by atoms with van der Waals surface area (Å²) < 4.78 is 17.1. The maximum atomic E-state index is 5.80. The highest BCUT2D eigenvalue weighted by Crippen LogP contribution is 2.36. The third kappa shape index (κ3) is 9.29. The highest BCUT2D eigenvalue weighted by molar-refractivity contribution is 5.85. The first kappa shape index (κ1) is 24.2. The standard InChI is InChI=1S/C22H37NO3.ClH/c1-21(2,3)17-22(4,5)18-6-8-19(9-7-18)26-15-14-24-12-10-20-16-23-11-13-25-20;/h6-9,20,23H,10-17H2,1-5H3;1H. The van der Waals surface area contributed by atoms with Crippen LogP contribution in [0.5, 0.6) is 5.75 Å². The molecule has 0 aliphatic carbocycles. The molecule has 2 rings (SSSR count). The van der Waals surface area contributed by atoms with E-state index in [2.05, 4.69) is 64.2 Å². The van der Waals surface area contributed by atoms with Gasteiger partial charge < -0.3 is 19.5 Å². The smallest absolute Gasteiger partial charge is 0.119 e. The van der Waals surface area contributed by atoms with Crippen molar-refractivity contribution in [3.63, 3.8) is 0 Å². The maximum Gasteiger partial charge on any atom is 0.119 e. The first-order valence-corrected chi connectivity index (χ1v) is 9.90. The van der Waals surface area contributed by atoms with E-state index in [1.807, 2.05) is 0 Å². The van der Waals surface area contributed by atoms with Gasteiger partial charge in [0.1, 0.15) is 12.4 Å². The quantitative estimate of drug-likeness (QED) is 0.616. The Kier molecular flexibility index (Phi) is 10.1. The van der Waals surface area contributed by atoms with E-state index in [0.717, 1.165) is 44.9 Å². The van der Waals surface area contributed by atoms with Crippen molar-refractivity contribution in [3.8, 4) is 5.75 Å². The van der Waals surface area contributed by atoms with Crippen LogP contribution >= 0.6 is 12.4 Å². The van der Waals surface area contributed by atoms with Crippen molar-refractivity contribution in [2.75, 3.05) is 39.5 Å². The Hall–Kier alpha value is -0.810. The Balaban J connectivity index is 0.00000364. The molecule has 156 valence electrons. The lowest BCUT2D eigenvalue weighted by Gasteiger charge is -2.33. The molecule has 1 atom stereocenters. The van der Waals surface area contributed by atoms with Crippen LogP contribution in [0.3, 0.4) is 0 Å². The maximum absolute atomic E-state index is 5.80. The number of hydrogen-bond donors (Lipinski definition) is 1. The molecule has 1 saturated heterocycles. The zero-order chi connectivity index (χ0) is 19.0. The van der Waals surface area contributed by atoms with Gasteiger partial charge in [-0.05, 0) is 41.4 Å². The van der Waals surface area contributed by atoms with Gasteiger partial charge in [-0.3, -0.25) is 0 Å². The first-order chi connectivity index (χ1) is 12.3. The van der Waals surface area contributed by atoms with Crippen molar-refractivity contribution in [3.05, 3.63) is 29.8 Å². The molecule has 0 aromatic heterocycles. The fraction of sp³-hybridized carbons (Fsp3) is 0.727. The Bertz CT molecular complexity index is 519. The number of ether oxygens (including phenoxy) is 3. The highest BCUT2D eigenvalue weighted by Gasteiger charge is 2.27. The van der Waals surface area contributed by atoms with E-state index >= 15 is 0 Å². The van der Waals surface area contributed by atoms with Gasteiger partial charge in [-0.25, -0.2) is 0 Å². The van der Waals surface area contributed by atoms with Crippen LogP contribution in [0, 0.1) is 5.41 Å². The molecule has 1 unspecified atom stereocenters. The predicted octanol–water partition coefficient (Wildman–Crippen LogP) is 4.60. The third-order valence-corrected chi connectivity index (χ3v) is 4.69. The van der Waals surface area contributed by atoms with Crippen LogP contribution < -0.4 is 10.1 Å². The number of rotatable bonds is 9. The van der Waals surface area contributed by atoms with E-state index in [-0.39, 0.29) is 23.9 Å². The summed E-state index contributed by atoms with van der Waals surface area (Å²) in [6, 6.07) is 8.52. The second-order valence-corrected chi connectivity index (χ2v) is 9.09. The Morgan fingerprint density at radius 3 is 2.33 bits per heavy atom. The molecule has 1 fully saturated rings. The summed E-state index contributed by atoms with van der Waals surface area (Å²) in [5.74, 6) is 0.906. The molecule has 1 aromatic rings. The Morgan fingerprint density at radius 1 is 1.04 bits per heavy atom. The lowest BCUT2D eigenvalue weighted by Crippen LogP contribution is -2.39. The SMILES string of the molecule is CC(C)(C)CC(C)(C)c1ccc(OCCOCCC2CNCCO2)cc1.Cl. The van der Waals surface area contributed by atoms with Crippen molar-refractivity contribution in [2.45, 2.75) is 59.0 Å². The van der Waals surface area contributed by atoms with Crippen molar-refractivity contribution in [2.24, 2.45) is 5.41 Å². The minimum Gasteiger partial charge on any atom is -0.491 e. The lowest BCUT2D eigenvalue weighted by atomic mass is 9.72. The van der Waals surface area contributed by atoms with E-state index in [1.54, 1.807) is 0 Å². The monoisotopic (exact) mass is 399 g/mol. The first-order valence-electron chi connectivity index (χ1n) is 9.90. The molecule has 1 aromatic carbocycles. The topological polar surface area (TPSA) is 39.7 Å². The van der Waals surface area contributed by atoms with Crippen LogP contribution in [0.2, 0.25) is 0 Å². The number of halogens is 1. The van der Waals surface area contributed by atoms with Gasteiger partial charge in [0.15, 0.2) is 0 Å². The van der Waals surface area contributed by atoms with Crippen LogP contribution in [-0.4, -0.2) is 45.6 Å². The van der Waals surface area contributed by atoms with Gasteiger partial charge in [-0.15, -0.1) is 12.4 Å². The predicted molar refractivity (Wildman–Crippen MR) is 114 cm³/mol. The largest absolute Gasteiger partial charge is 0.491 e. The van der Waals surface area contributed by atoms with Crippen LogP contribution in [-0.2, 0) is 14.9 Å². The summed E-state index contributed by atoms with van der Waals surface area (Å²) in [5.41, 5.74) is 1.84. The lowest BCUT2D eigenvalue weighted by molar-refractivity contribution is -0.000118. The molecule has 5 heteroatoms. The molecule has 0 spiro atoms. The fourth-order valence-corrected chi connectivity index (χ4v) is 3.77. The van der Waals surface area contributed by atoms with E-state index in [9.17, 15) is 0 Å². The molecule has 0 amide bonds. The minimum atomic E-state index is 0. The van der Waals surface area contributed by atoms with E-state index in [1.165, 1.54) is 5.56 Å². The third-order valence-electron chi connectivity index (χ3n) is 4.69. The average Bonchev–Trinajstić information content (AvgIpc) is 2.57. The molecule has 0 radical (unpaired) electrons. The average molecular weight is 400 g/mol. The van der Waals surface area contributed by atoms with Gasteiger partial charge in [0.05, 0.1) is 19.3 Å². The molecule has 1 heterocycles. The Morgan fingerprint density at radius 2 is 1.74 bits per heavy atom. The fourth-order valence-electron chi connectivity index (χ4n) is 3.77. The van der Waals surface area contributed by atoms with Crippen molar-refractivity contribution >= 4 is 12.4 Å². The molecular weight excluding hydrogens is 362 g/mol. The second kappa shape index (κ2) is 11.3. The van der Waals surface area contributed by atoms with E-state index in [0.29, 0.717) is 18.6 Å².